The van der Waals surface area contributed by atoms with Crippen LogP contribution in [-0.4, -0.2) is 55.2 Å². The van der Waals surface area contributed by atoms with Gasteiger partial charge in [0.1, 0.15) is 5.75 Å². The molecular weight excluding hydrogens is 414 g/mol. The fourth-order valence-corrected chi connectivity index (χ4v) is 6.15. The molecule has 3 rings (SSSR count). The maximum atomic E-state index is 13.1. The van der Waals surface area contributed by atoms with Crippen molar-refractivity contribution in [1.82, 2.24) is 13.9 Å². The third-order valence-corrected chi connectivity index (χ3v) is 8.31. The van der Waals surface area contributed by atoms with Crippen molar-refractivity contribution >= 4 is 16.1 Å². The standard InChI is InChI=1S/C23H37N3O4S/c1-18(2)30-22-13-11-19(12-14-22)16-24-23(27)20-8-7-15-26(17-20)31(28,29)25(3)21-9-5-4-6-10-21/h11-14,18,20-21H,4-10,15-17H2,1-3H3,(H,24,27). The summed E-state index contributed by atoms with van der Waals surface area (Å²) in [6, 6.07) is 7.76. The van der Waals surface area contributed by atoms with E-state index in [-0.39, 0.29) is 30.5 Å². The highest BCUT2D eigenvalue weighted by atomic mass is 32.2. The van der Waals surface area contributed by atoms with Crippen molar-refractivity contribution in [2.45, 2.75) is 77.5 Å². The van der Waals surface area contributed by atoms with Crippen LogP contribution in [0.2, 0.25) is 0 Å². The van der Waals surface area contributed by atoms with Gasteiger partial charge in [0.25, 0.3) is 10.2 Å². The lowest BCUT2D eigenvalue weighted by molar-refractivity contribution is -0.126. The van der Waals surface area contributed by atoms with E-state index in [1.807, 2.05) is 38.1 Å². The van der Waals surface area contributed by atoms with Crippen LogP contribution in [0, 0.1) is 5.92 Å². The molecule has 1 aromatic carbocycles. The van der Waals surface area contributed by atoms with Crippen molar-refractivity contribution in [3.63, 3.8) is 0 Å². The van der Waals surface area contributed by atoms with Crippen LogP contribution in [0.25, 0.3) is 0 Å². The fourth-order valence-electron chi connectivity index (χ4n) is 4.47. The lowest BCUT2D eigenvalue weighted by Crippen LogP contribution is -2.52. The van der Waals surface area contributed by atoms with Crippen LogP contribution in [0.4, 0.5) is 0 Å². The highest BCUT2D eigenvalue weighted by Crippen LogP contribution is 2.27. The minimum Gasteiger partial charge on any atom is -0.491 e. The summed E-state index contributed by atoms with van der Waals surface area (Å²) in [6.45, 7) is 5.13. The molecule has 0 aromatic heterocycles. The summed E-state index contributed by atoms with van der Waals surface area (Å²) >= 11 is 0. The molecule has 2 aliphatic rings. The van der Waals surface area contributed by atoms with E-state index >= 15 is 0 Å². The van der Waals surface area contributed by atoms with Gasteiger partial charge >= 0.3 is 0 Å². The molecule has 0 bridgehead atoms. The zero-order valence-electron chi connectivity index (χ0n) is 19.0. The van der Waals surface area contributed by atoms with Crippen molar-refractivity contribution in [3.05, 3.63) is 29.8 Å². The number of ether oxygens (including phenoxy) is 1. The van der Waals surface area contributed by atoms with E-state index in [9.17, 15) is 13.2 Å². The molecule has 1 heterocycles. The van der Waals surface area contributed by atoms with Gasteiger partial charge in [-0.25, -0.2) is 0 Å². The average Bonchev–Trinajstić information content (AvgIpc) is 2.78. The Labute approximate surface area is 187 Å². The number of hydrogen-bond acceptors (Lipinski definition) is 4. The third kappa shape index (κ3) is 6.43. The Balaban J connectivity index is 1.53. The molecule has 31 heavy (non-hydrogen) atoms. The predicted molar refractivity (Wildman–Crippen MR) is 122 cm³/mol. The quantitative estimate of drug-likeness (QED) is 0.658. The van der Waals surface area contributed by atoms with Crippen LogP contribution < -0.4 is 10.1 Å². The predicted octanol–water partition coefficient (Wildman–Crippen LogP) is 3.31. The molecule has 0 spiro atoms. The Morgan fingerprint density at radius 1 is 1.13 bits per heavy atom. The minimum absolute atomic E-state index is 0.0793. The summed E-state index contributed by atoms with van der Waals surface area (Å²) < 4.78 is 35.0. The number of amides is 1. The maximum Gasteiger partial charge on any atom is 0.281 e. The summed E-state index contributed by atoms with van der Waals surface area (Å²) in [5.74, 6) is 0.412. The molecule has 7 nitrogen and oxygen atoms in total. The van der Waals surface area contributed by atoms with Crippen LogP contribution >= 0.6 is 0 Å². The first kappa shape index (κ1) is 24.0. The molecule has 1 unspecified atom stereocenters. The Morgan fingerprint density at radius 3 is 2.45 bits per heavy atom. The molecule has 1 saturated heterocycles. The molecule has 1 aliphatic carbocycles. The summed E-state index contributed by atoms with van der Waals surface area (Å²) in [4.78, 5) is 12.8. The van der Waals surface area contributed by atoms with Gasteiger partial charge in [-0.05, 0) is 57.2 Å². The summed E-state index contributed by atoms with van der Waals surface area (Å²) in [7, 11) is -1.84. The first-order chi connectivity index (χ1) is 14.8. The van der Waals surface area contributed by atoms with E-state index in [2.05, 4.69) is 5.32 Å². The normalized spacial score (nSPS) is 21.4. The minimum atomic E-state index is -3.54. The Hall–Kier alpha value is -1.64. The lowest BCUT2D eigenvalue weighted by Gasteiger charge is -2.37. The topological polar surface area (TPSA) is 79.0 Å². The van der Waals surface area contributed by atoms with Gasteiger partial charge in [-0.1, -0.05) is 31.4 Å². The van der Waals surface area contributed by atoms with Crippen LogP contribution in [0.1, 0.15) is 64.4 Å². The largest absolute Gasteiger partial charge is 0.491 e. The summed E-state index contributed by atoms with van der Waals surface area (Å²) in [6.07, 6.45) is 6.74. The molecule has 174 valence electrons. The summed E-state index contributed by atoms with van der Waals surface area (Å²) in [5.41, 5.74) is 0.988. The van der Waals surface area contributed by atoms with Gasteiger partial charge in [0.15, 0.2) is 0 Å². The van der Waals surface area contributed by atoms with Gasteiger partial charge in [-0.15, -0.1) is 0 Å². The molecule has 1 saturated carbocycles. The van der Waals surface area contributed by atoms with E-state index in [1.165, 1.54) is 10.7 Å². The molecule has 1 N–H and O–H groups in total. The molecule has 1 aliphatic heterocycles. The number of benzene rings is 1. The number of piperidine rings is 1. The first-order valence-electron chi connectivity index (χ1n) is 11.5. The van der Waals surface area contributed by atoms with E-state index in [0.717, 1.165) is 37.0 Å². The monoisotopic (exact) mass is 451 g/mol. The lowest BCUT2D eigenvalue weighted by atomic mass is 9.96. The molecular formula is C23H37N3O4S. The smallest absolute Gasteiger partial charge is 0.281 e. The zero-order chi connectivity index (χ0) is 22.4. The second kappa shape index (κ2) is 10.8. The maximum absolute atomic E-state index is 13.1. The van der Waals surface area contributed by atoms with E-state index < -0.39 is 10.2 Å². The number of nitrogens with one attached hydrogen (secondary N) is 1. The highest BCUT2D eigenvalue weighted by Gasteiger charge is 2.37. The van der Waals surface area contributed by atoms with Gasteiger partial charge in [0.05, 0.1) is 12.0 Å². The molecule has 1 amide bonds. The van der Waals surface area contributed by atoms with Gasteiger partial charge < -0.3 is 10.1 Å². The van der Waals surface area contributed by atoms with Crippen LogP contribution in [0.5, 0.6) is 5.75 Å². The van der Waals surface area contributed by atoms with Gasteiger partial charge in [-0.2, -0.15) is 17.0 Å². The fraction of sp³-hybridized carbons (Fsp3) is 0.696. The van der Waals surface area contributed by atoms with Crippen LogP contribution in [-0.2, 0) is 21.5 Å². The highest BCUT2D eigenvalue weighted by molar-refractivity contribution is 7.86. The number of carbonyl (C=O) groups excluding carboxylic acids is 1. The Bertz CT molecular complexity index is 820. The van der Waals surface area contributed by atoms with Crippen molar-refractivity contribution in [2.75, 3.05) is 20.1 Å². The van der Waals surface area contributed by atoms with Gasteiger partial charge in [0.2, 0.25) is 5.91 Å². The van der Waals surface area contributed by atoms with Gasteiger partial charge in [-0.3, -0.25) is 4.79 Å². The third-order valence-electron chi connectivity index (χ3n) is 6.30. The SMILES string of the molecule is CC(C)Oc1ccc(CNC(=O)C2CCCN(S(=O)(=O)N(C)C3CCCCC3)C2)cc1. The number of nitrogens with zero attached hydrogens (tertiary/aromatic N) is 2. The van der Waals surface area contributed by atoms with Crippen LogP contribution in [0.3, 0.4) is 0 Å². The van der Waals surface area contributed by atoms with Gasteiger partial charge in [0, 0.05) is 32.7 Å². The van der Waals surface area contributed by atoms with Crippen molar-refractivity contribution in [3.8, 4) is 5.75 Å². The number of carbonyl (C=O) groups is 1. The molecule has 8 heteroatoms. The van der Waals surface area contributed by atoms with Crippen molar-refractivity contribution < 1.29 is 17.9 Å². The van der Waals surface area contributed by atoms with E-state index in [0.29, 0.717) is 25.9 Å². The zero-order valence-corrected chi connectivity index (χ0v) is 19.9. The molecule has 0 radical (unpaired) electrons. The van der Waals surface area contributed by atoms with Crippen molar-refractivity contribution in [2.24, 2.45) is 5.92 Å². The summed E-state index contributed by atoms with van der Waals surface area (Å²) in [5, 5.41) is 2.98. The van der Waals surface area contributed by atoms with Crippen molar-refractivity contribution in [1.29, 1.82) is 0 Å². The number of rotatable bonds is 8. The first-order valence-corrected chi connectivity index (χ1v) is 12.9. The number of hydrogen-bond donors (Lipinski definition) is 1. The van der Waals surface area contributed by atoms with E-state index in [4.69, 9.17) is 4.74 Å². The Morgan fingerprint density at radius 2 is 1.81 bits per heavy atom. The van der Waals surface area contributed by atoms with Crippen LogP contribution in [0.15, 0.2) is 24.3 Å². The van der Waals surface area contributed by atoms with E-state index in [1.54, 1.807) is 11.4 Å². The molecule has 1 aromatic rings. The average molecular weight is 452 g/mol. The Kier molecular flexibility index (Phi) is 8.36. The second-order valence-corrected chi connectivity index (χ2v) is 11.0. The molecule has 1 atom stereocenters. The molecule has 2 fully saturated rings. The second-order valence-electron chi connectivity index (χ2n) is 9.04.